The van der Waals surface area contributed by atoms with E-state index in [0.29, 0.717) is 22.5 Å². The standard InChI is InChI=1S/C29H24N4O4/c1-19-9-12-22(13-10-19)37-29-23(8-5-15-30-29)28(36)32-21-11-14-24-26(16-21)33(18-31-24)25(17-27(34)35)20-6-3-2-4-7-20/h2-16,18,25H,17H2,1H3,(H,32,36)(H,34,35). The molecule has 0 saturated heterocycles. The molecule has 1 atom stereocenters. The monoisotopic (exact) mass is 492 g/mol. The summed E-state index contributed by atoms with van der Waals surface area (Å²) >= 11 is 0. The van der Waals surface area contributed by atoms with Gasteiger partial charge in [0.2, 0.25) is 5.88 Å². The summed E-state index contributed by atoms with van der Waals surface area (Å²) in [6.45, 7) is 1.98. The van der Waals surface area contributed by atoms with Crippen LogP contribution in [0.5, 0.6) is 11.6 Å². The lowest BCUT2D eigenvalue weighted by molar-refractivity contribution is -0.137. The average molecular weight is 493 g/mol. The Balaban J connectivity index is 1.44. The number of amides is 1. The highest BCUT2D eigenvalue weighted by molar-refractivity contribution is 6.06. The summed E-state index contributed by atoms with van der Waals surface area (Å²) in [6, 6.07) is 25.1. The first-order valence-electron chi connectivity index (χ1n) is 11.7. The zero-order chi connectivity index (χ0) is 25.8. The van der Waals surface area contributed by atoms with Gasteiger partial charge in [0.15, 0.2) is 0 Å². The topological polar surface area (TPSA) is 106 Å². The molecule has 0 spiro atoms. The molecule has 0 fully saturated rings. The van der Waals surface area contributed by atoms with E-state index in [1.54, 1.807) is 42.9 Å². The van der Waals surface area contributed by atoms with Crippen LogP contribution in [0.25, 0.3) is 11.0 Å². The molecule has 0 bridgehead atoms. The van der Waals surface area contributed by atoms with E-state index in [-0.39, 0.29) is 23.8 Å². The van der Waals surface area contributed by atoms with E-state index in [1.807, 2.05) is 66.1 Å². The molecule has 37 heavy (non-hydrogen) atoms. The van der Waals surface area contributed by atoms with Gasteiger partial charge in [0.25, 0.3) is 5.91 Å². The fourth-order valence-electron chi connectivity index (χ4n) is 4.13. The quantitative estimate of drug-likeness (QED) is 0.282. The van der Waals surface area contributed by atoms with E-state index in [9.17, 15) is 14.7 Å². The number of anilines is 1. The van der Waals surface area contributed by atoms with Gasteiger partial charge in [-0.25, -0.2) is 9.97 Å². The molecule has 0 saturated carbocycles. The number of nitrogens with one attached hydrogen (secondary N) is 1. The molecule has 3 aromatic carbocycles. The predicted octanol–water partition coefficient (Wildman–Crippen LogP) is 5.85. The number of hydrogen-bond donors (Lipinski definition) is 2. The molecule has 0 radical (unpaired) electrons. The van der Waals surface area contributed by atoms with Crippen molar-refractivity contribution in [3.05, 3.63) is 114 Å². The van der Waals surface area contributed by atoms with Crippen molar-refractivity contribution < 1.29 is 19.4 Å². The van der Waals surface area contributed by atoms with Crippen LogP contribution in [0.4, 0.5) is 5.69 Å². The summed E-state index contributed by atoms with van der Waals surface area (Å²) < 4.78 is 7.70. The van der Waals surface area contributed by atoms with Gasteiger partial charge in [0.05, 0.1) is 29.8 Å². The second-order valence-electron chi connectivity index (χ2n) is 8.61. The Morgan fingerprint density at radius 1 is 0.973 bits per heavy atom. The number of aliphatic carboxylic acids is 1. The molecule has 2 aromatic heterocycles. The molecule has 0 aliphatic carbocycles. The molecule has 0 aliphatic rings. The van der Waals surface area contributed by atoms with Crippen LogP contribution in [0.15, 0.2) is 97.5 Å². The van der Waals surface area contributed by atoms with Gasteiger partial charge >= 0.3 is 5.97 Å². The first-order chi connectivity index (χ1) is 18.0. The van der Waals surface area contributed by atoms with Gasteiger partial charge in [0.1, 0.15) is 11.3 Å². The van der Waals surface area contributed by atoms with Crippen LogP contribution >= 0.6 is 0 Å². The summed E-state index contributed by atoms with van der Waals surface area (Å²) in [5, 5.41) is 12.5. The van der Waals surface area contributed by atoms with E-state index >= 15 is 0 Å². The molecule has 5 rings (SSSR count). The Kier molecular flexibility index (Phi) is 6.63. The first kappa shape index (κ1) is 23.7. The minimum absolute atomic E-state index is 0.110. The smallest absolute Gasteiger partial charge is 0.305 e. The third-order valence-electron chi connectivity index (χ3n) is 5.97. The largest absolute Gasteiger partial charge is 0.481 e. The van der Waals surface area contributed by atoms with E-state index in [4.69, 9.17) is 4.74 Å². The highest BCUT2D eigenvalue weighted by atomic mass is 16.5. The SMILES string of the molecule is Cc1ccc(Oc2ncccc2C(=O)Nc2ccc3ncn(C(CC(=O)O)c4ccccc4)c3c2)cc1. The maximum absolute atomic E-state index is 13.2. The molecular formula is C29H24N4O4. The number of benzene rings is 3. The zero-order valence-electron chi connectivity index (χ0n) is 20.0. The van der Waals surface area contributed by atoms with Crippen molar-refractivity contribution in [3.63, 3.8) is 0 Å². The van der Waals surface area contributed by atoms with Gasteiger partial charge in [-0.05, 0) is 55.0 Å². The number of carboxylic acid groups (broad SMARTS) is 1. The van der Waals surface area contributed by atoms with E-state index < -0.39 is 12.0 Å². The molecule has 0 aliphatic heterocycles. The second-order valence-corrected chi connectivity index (χ2v) is 8.61. The lowest BCUT2D eigenvalue weighted by atomic mass is 10.0. The predicted molar refractivity (Wildman–Crippen MR) is 140 cm³/mol. The second kappa shape index (κ2) is 10.3. The molecule has 184 valence electrons. The van der Waals surface area contributed by atoms with Crippen LogP contribution in [-0.2, 0) is 4.79 Å². The van der Waals surface area contributed by atoms with Crippen molar-refractivity contribution >= 4 is 28.6 Å². The average Bonchev–Trinajstić information content (AvgIpc) is 3.32. The van der Waals surface area contributed by atoms with Crippen LogP contribution in [-0.4, -0.2) is 31.5 Å². The highest BCUT2D eigenvalue weighted by Crippen LogP contribution is 2.29. The van der Waals surface area contributed by atoms with Gasteiger partial charge in [-0.1, -0.05) is 48.0 Å². The Morgan fingerprint density at radius 2 is 1.76 bits per heavy atom. The summed E-state index contributed by atoms with van der Waals surface area (Å²) in [4.78, 5) is 33.6. The number of carbonyl (C=O) groups is 2. The number of ether oxygens (including phenoxy) is 1. The number of hydrogen-bond acceptors (Lipinski definition) is 5. The summed E-state index contributed by atoms with van der Waals surface area (Å²) in [5.41, 5.74) is 4.16. The van der Waals surface area contributed by atoms with Crippen molar-refractivity contribution in [1.29, 1.82) is 0 Å². The minimum Gasteiger partial charge on any atom is -0.481 e. The van der Waals surface area contributed by atoms with Gasteiger partial charge in [-0.15, -0.1) is 0 Å². The number of nitrogens with zero attached hydrogens (tertiary/aromatic N) is 3. The number of rotatable bonds is 8. The van der Waals surface area contributed by atoms with Crippen LogP contribution in [0.2, 0.25) is 0 Å². The summed E-state index contributed by atoms with van der Waals surface area (Å²) in [7, 11) is 0. The normalized spacial score (nSPS) is 11.7. The number of aryl methyl sites for hydroxylation is 1. The van der Waals surface area contributed by atoms with Crippen molar-refractivity contribution in [2.75, 3.05) is 5.32 Å². The lowest BCUT2D eigenvalue weighted by Gasteiger charge is -2.18. The number of pyridine rings is 1. The van der Waals surface area contributed by atoms with Crippen LogP contribution in [0.3, 0.4) is 0 Å². The maximum atomic E-state index is 13.2. The molecule has 1 amide bonds. The minimum atomic E-state index is -0.919. The fourth-order valence-corrected chi connectivity index (χ4v) is 4.13. The van der Waals surface area contributed by atoms with Crippen molar-refractivity contribution in [2.45, 2.75) is 19.4 Å². The van der Waals surface area contributed by atoms with Gasteiger partial charge in [-0.3, -0.25) is 9.59 Å². The van der Waals surface area contributed by atoms with Gasteiger partial charge in [0, 0.05) is 11.9 Å². The van der Waals surface area contributed by atoms with E-state index in [1.165, 1.54) is 0 Å². The number of carbonyl (C=O) groups excluding carboxylic acids is 1. The van der Waals surface area contributed by atoms with Gasteiger partial charge < -0.3 is 19.7 Å². The molecule has 5 aromatic rings. The fraction of sp³-hybridized carbons (Fsp3) is 0.103. The van der Waals surface area contributed by atoms with Crippen molar-refractivity contribution in [2.24, 2.45) is 0 Å². The first-order valence-corrected chi connectivity index (χ1v) is 11.7. The van der Waals surface area contributed by atoms with E-state index in [2.05, 4.69) is 15.3 Å². The summed E-state index contributed by atoms with van der Waals surface area (Å²) in [6.07, 6.45) is 3.09. The third-order valence-corrected chi connectivity index (χ3v) is 5.97. The van der Waals surface area contributed by atoms with Crippen LogP contribution < -0.4 is 10.1 Å². The highest BCUT2D eigenvalue weighted by Gasteiger charge is 2.21. The third kappa shape index (κ3) is 5.33. The Bertz CT molecular complexity index is 1560. The maximum Gasteiger partial charge on any atom is 0.305 e. The summed E-state index contributed by atoms with van der Waals surface area (Å²) in [5.74, 6) is -0.529. The van der Waals surface area contributed by atoms with Crippen molar-refractivity contribution in [3.8, 4) is 11.6 Å². The number of imidazole rings is 1. The zero-order valence-corrected chi connectivity index (χ0v) is 20.0. The Labute approximate surface area is 213 Å². The molecule has 1 unspecified atom stereocenters. The lowest BCUT2D eigenvalue weighted by Crippen LogP contribution is -2.15. The molecule has 2 N–H and O–H groups in total. The Hall–Kier alpha value is -4.98. The number of aromatic nitrogens is 3. The Morgan fingerprint density at radius 3 is 2.51 bits per heavy atom. The van der Waals surface area contributed by atoms with Gasteiger partial charge in [-0.2, -0.15) is 0 Å². The van der Waals surface area contributed by atoms with Crippen molar-refractivity contribution in [1.82, 2.24) is 14.5 Å². The molecule has 8 heteroatoms. The van der Waals surface area contributed by atoms with E-state index in [0.717, 1.165) is 11.1 Å². The molecular weight excluding hydrogens is 468 g/mol. The molecule has 2 heterocycles. The van der Waals surface area contributed by atoms with Crippen LogP contribution in [0, 0.1) is 6.92 Å². The number of fused-ring (bicyclic) bond motifs is 1. The number of carboxylic acids is 1. The molecule has 8 nitrogen and oxygen atoms in total. The van der Waals surface area contributed by atoms with Crippen LogP contribution in [0.1, 0.15) is 33.9 Å².